The molecule has 8 nitrogen and oxygen atoms in total. The first-order valence-electron chi connectivity index (χ1n) is 5.99. The number of nitrogens with zero attached hydrogens (tertiary/aromatic N) is 4. The zero-order valence-corrected chi connectivity index (χ0v) is 11.4. The molecule has 0 saturated carbocycles. The van der Waals surface area contributed by atoms with Gasteiger partial charge < -0.3 is 9.47 Å². The Labute approximate surface area is 123 Å². The van der Waals surface area contributed by atoms with Crippen molar-refractivity contribution in [2.24, 2.45) is 0 Å². The number of nitrogens with one attached hydrogen (secondary N) is 1. The van der Waals surface area contributed by atoms with Gasteiger partial charge in [-0.1, -0.05) is 0 Å². The molecule has 0 bridgehead atoms. The number of anilines is 1. The Balaban J connectivity index is 1.98. The van der Waals surface area contributed by atoms with E-state index in [0.717, 1.165) is 0 Å². The van der Waals surface area contributed by atoms with Crippen molar-refractivity contribution in [2.45, 2.75) is 6.43 Å². The molecule has 0 aliphatic rings. The molecule has 0 fully saturated rings. The van der Waals surface area contributed by atoms with E-state index in [4.69, 9.17) is 4.74 Å². The Morgan fingerprint density at radius 2 is 1.91 bits per heavy atom. The summed E-state index contributed by atoms with van der Waals surface area (Å²) in [5.74, 6) is 0.0671. The third kappa shape index (κ3) is 4.30. The molecule has 0 atom stereocenters. The number of hydrogen-bond acceptors (Lipinski definition) is 7. The van der Waals surface area contributed by atoms with Gasteiger partial charge in [-0.05, 0) is 0 Å². The van der Waals surface area contributed by atoms with Crippen molar-refractivity contribution in [1.29, 1.82) is 0 Å². The minimum Gasteiger partial charge on any atom is -0.467 e. The molecule has 0 aromatic carbocycles. The summed E-state index contributed by atoms with van der Waals surface area (Å²) >= 11 is 0. The summed E-state index contributed by atoms with van der Waals surface area (Å²) in [5.41, 5.74) is 1.06. The summed E-state index contributed by atoms with van der Waals surface area (Å²) in [6.07, 6.45) is 1.86. The van der Waals surface area contributed by atoms with E-state index in [1.807, 2.05) is 0 Å². The van der Waals surface area contributed by atoms with Crippen molar-refractivity contribution in [2.75, 3.05) is 19.0 Å². The van der Waals surface area contributed by atoms with Gasteiger partial charge in [0, 0.05) is 18.0 Å². The molecule has 2 aromatic heterocycles. The maximum Gasteiger partial charge on any atom is 0.413 e. The lowest BCUT2D eigenvalue weighted by molar-refractivity contribution is 0.0547. The lowest BCUT2D eigenvalue weighted by Crippen LogP contribution is -2.18. The minimum absolute atomic E-state index is 0.0671. The number of rotatable bonds is 5. The fourth-order valence-electron chi connectivity index (χ4n) is 1.37. The number of amides is 1. The Bertz CT molecular complexity index is 622. The van der Waals surface area contributed by atoms with Gasteiger partial charge in [-0.2, -0.15) is 0 Å². The average molecular weight is 311 g/mol. The van der Waals surface area contributed by atoms with Crippen LogP contribution in [0.3, 0.4) is 0 Å². The van der Waals surface area contributed by atoms with Crippen LogP contribution in [0.2, 0.25) is 0 Å². The standard InChI is InChI=1S/C12H11F2N5O3/c1-21-11-17-2-7(3-18-11)8-4-16-10(5-15-8)19-12(20)22-6-9(13)14/h2-5,9H,6H2,1H3,(H,16,19,20). The first-order valence-corrected chi connectivity index (χ1v) is 5.99. The van der Waals surface area contributed by atoms with Crippen LogP contribution in [-0.2, 0) is 4.74 Å². The van der Waals surface area contributed by atoms with E-state index in [2.05, 4.69) is 30.0 Å². The Morgan fingerprint density at radius 1 is 1.18 bits per heavy atom. The lowest BCUT2D eigenvalue weighted by atomic mass is 10.2. The molecule has 10 heteroatoms. The van der Waals surface area contributed by atoms with Crippen LogP contribution < -0.4 is 10.1 Å². The van der Waals surface area contributed by atoms with Crippen molar-refractivity contribution < 1.29 is 23.0 Å². The van der Waals surface area contributed by atoms with Crippen LogP contribution in [-0.4, -0.2) is 46.2 Å². The molecule has 1 N–H and O–H groups in total. The lowest BCUT2D eigenvalue weighted by Gasteiger charge is -2.06. The molecule has 2 aromatic rings. The summed E-state index contributed by atoms with van der Waals surface area (Å²) in [7, 11) is 1.45. The van der Waals surface area contributed by atoms with Gasteiger partial charge in [0.25, 0.3) is 6.43 Å². The first-order chi connectivity index (χ1) is 10.6. The van der Waals surface area contributed by atoms with Gasteiger partial charge in [-0.3, -0.25) is 10.3 Å². The second kappa shape index (κ2) is 7.20. The molecule has 0 aliphatic heterocycles. The highest BCUT2D eigenvalue weighted by Crippen LogP contribution is 2.16. The van der Waals surface area contributed by atoms with E-state index in [-0.39, 0.29) is 11.8 Å². The topological polar surface area (TPSA) is 99.1 Å². The van der Waals surface area contributed by atoms with Gasteiger partial charge in [-0.25, -0.2) is 28.5 Å². The van der Waals surface area contributed by atoms with Gasteiger partial charge in [-0.15, -0.1) is 0 Å². The fourth-order valence-corrected chi connectivity index (χ4v) is 1.37. The van der Waals surface area contributed by atoms with Crippen LogP contribution >= 0.6 is 0 Å². The van der Waals surface area contributed by atoms with Crippen LogP contribution in [0.4, 0.5) is 19.4 Å². The third-order valence-corrected chi connectivity index (χ3v) is 2.33. The monoisotopic (exact) mass is 311 g/mol. The molecule has 0 radical (unpaired) electrons. The molecule has 2 heterocycles. The average Bonchev–Trinajstić information content (AvgIpc) is 2.54. The van der Waals surface area contributed by atoms with Crippen LogP contribution in [0.25, 0.3) is 11.3 Å². The molecule has 116 valence electrons. The van der Waals surface area contributed by atoms with E-state index in [1.54, 1.807) is 0 Å². The van der Waals surface area contributed by atoms with Crippen molar-refractivity contribution in [3.8, 4) is 17.3 Å². The largest absolute Gasteiger partial charge is 0.467 e. The molecule has 0 unspecified atom stereocenters. The SMILES string of the molecule is COc1ncc(-c2cnc(NC(=O)OCC(F)F)cn2)cn1. The maximum absolute atomic E-state index is 11.9. The number of carbonyl (C=O) groups excluding carboxylic acids is 1. The van der Waals surface area contributed by atoms with E-state index in [9.17, 15) is 13.6 Å². The van der Waals surface area contributed by atoms with Gasteiger partial charge in [0.05, 0.1) is 25.2 Å². The highest BCUT2D eigenvalue weighted by atomic mass is 19.3. The van der Waals surface area contributed by atoms with Crippen LogP contribution in [0.1, 0.15) is 0 Å². The number of methoxy groups -OCH3 is 1. The normalized spacial score (nSPS) is 10.4. The number of ether oxygens (including phenoxy) is 2. The zero-order valence-electron chi connectivity index (χ0n) is 11.4. The van der Waals surface area contributed by atoms with Crippen LogP contribution in [0.5, 0.6) is 6.01 Å². The summed E-state index contributed by atoms with van der Waals surface area (Å²) < 4.78 is 32.8. The van der Waals surface area contributed by atoms with Gasteiger partial charge in [0.2, 0.25) is 0 Å². The maximum atomic E-state index is 11.9. The predicted molar refractivity (Wildman–Crippen MR) is 70.6 cm³/mol. The van der Waals surface area contributed by atoms with Crippen LogP contribution in [0.15, 0.2) is 24.8 Å². The fraction of sp³-hybridized carbons (Fsp3) is 0.250. The second-order valence-corrected chi connectivity index (χ2v) is 3.86. The van der Waals surface area contributed by atoms with Crippen LogP contribution in [0, 0.1) is 0 Å². The van der Waals surface area contributed by atoms with Crippen molar-refractivity contribution >= 4 is 11.9 Å². The smallest absolute Gasteiger partial charge is 0.413 e. The minimum atomic E-state index is -2.73. The molecule has 1 amide bonds. The second-order valence-electron chi connectivity index (χ2n) is 3.86. The van der Waals surface area contributed by atoms with E-state index < -0.39 is 19.1 Å². The third-order valence-electron chi connectivity index (χ3n) is 2.33. The van der Waals surface area contributed by atoms with E-state index >= 15 is 0 Å². The summed E-state index contributed by atoms with van der Waals surface area (Å²) in [5, 5.41) is 2.17. The molecular weight excluding hydrogens is 300 g/mol. The van der Waals surface area contributed by atoms with Gasteiger partial charge in [0.15, 0.2) is 12.4 Å². The number of carbonyl (C=O) groups is 1. The molecule has 0 saturated heterocycles. The number of hydrogen-bond donors (Lipinski definition) is 1. The molecular formula is C12H11F2N5O3. The van der Waals surface area contributed by atoms with Crippen molar-refractivity contribution in [3.63, 3.8) is 0 Å². The summed E-state index contributed by atoms with van der Waals surface area (Å²) in [4.78, 5) is 27.0. The predicted octanol–water partition coefficient (Wildman–Crippen LogP) is 1.76. The van der Waals surface area contributed by atoms with E-state index in [0.29, 0.717) is 11.3 Å². The zero-order chi connectivity index (χ0) is 15.9. The molecule has 0 aliphatic carbocycles. The Hall–Kier alpha value is -2.91. The number of halogens is 2. The van der Waals surface area contributed by atoms with Gasteiger partial charge >= 0.3 is 12.1 Å². The van der Waals surface area contributed by atoms with Crippen molar-refractivity contribution in [1.82, 2.24) is 19.9 Å². The Morgan fingerprint density at radius 3 is 2.45 bits per heavy atom. The number of alkyl halides is 2. The molecule has 0 spiro atoms. The summed E-state index contributed by atoms with van der Waals surface area (Å²) in [6, 6.07) is 0.219. The highest BCUT2D eigenvalue weighted by molar-refractivity contribution is 5.83. The van der Waals surface area contributed by atoms with Crippen molar-refractivity contribution in [3.05, 3.63) is 24.8 Å². The van der Waals surface area contributed by atoms with E-state index in [1.165, 1.54) is 31.9 Å². The number of aromatic nitrogens is 4. The van der Waals surface area contributed by atoms with Gasteiger partial charge in [0.1, 0.15) is 0 Å². The molecule has 22 heavy (non-hydrogen) atoms. The highest BCUT2D eigenvalue weighted by Gasteiger charge is 2.10. The molecule has 2 rings (SSSR count). The Kier molecular flexibility index (Phi) is 5.07. The summed E-state index contributed by atoms with van der Waals surface area (Å²) in [6.45, 7) is -0.986. The quantitative estimate of drug-likeness (QED) is 0.898. The first kappa shape index (κ1) is 15.5.